The molecule has 4 aliphatic carbocycles. The van der Waals surface area contributed by atoms with Crippen molar-refractivity contribution in [2.24, 2.45) is 17.8 Å². The average molecular weight is 396 g/mol. The SMILES string of the molecule is COC1(C(C)(F)CF)C2CC3CC1CC(OCCOC(=O)C(C)(F)F)(C3)C2. The number of carbonyl (C=O) groups is 1. The zero-order valence-corrected chi connectivity index (χ0v) is 16.0. The minimum Gasteiger partial charge on any atom is -0.459 e. The Bertz CT molecular complexity index is 559. The summed E-state index contributed by atoms with van der Waals surface area (Å²) < 4.78 is 70.6. The monoisotopic (exact) mass is 396 g/mol. The first-order chi connectivity index (χ1) is 12.5. The van der Waals surface area contributed by atoms with Gasteiger partial charge in [0.25, 0.3) is 0 Å². The van der Waals surface area contributed by atoms with Gasteiger partial charge in [-0.3, -0.25) is 0 Å². The summed E-state index contributed by atoms with van der Waals surface area (Å²) in [6.07, 6.45) is 3.41. The molecule has 0 aromatic carbocycles. The molecule has 0 saturated heterocycles. The summed E-state index contributed by atoms with van der Waals surface area (Å²) in [6.45, 7) is 0.400. The van der Waals surface area contributed by atoms with Gasteiger partial charge in [-0.2, -0.15) is 8.78 Å². The molecule has 4 fully saturated rings. The Labute approximate surface area is 156 Å². The third kappa shape index (κ3) is 3.37. The molecule has 4 aliphatic rings. The van der Waals surface area contributed by atoms with E-state index in [0.29, 0.717) is 25.7 Å². The first-order valence-corrected chi connectivity index (χ1v) is 9.49. The van der Waals surface area contributed by atoms with E-state index in [1.165, 1.54) is 14.0 Å². The molecule has 4 nitrogen and oxygen atoms in total. The highest BCUT2D eigenvalue weighted by Crippen LogP contribution is 2.65. The van der Waals surface area contributed by atoms with E-state index in [-0.39, 0.29) is 25.0 Å². The molecule has 0 heterocycles. The van der Waals surface area contributed by atoms with Crippen molar-refractivity contribution in [1.29, 1.82) is 0 Å². The second-order valence-electron chi connectivity index (χ2n) is 8.73. The van der Waals surface area contributed by atoms with Gasteiger partial charge in [-0.1, -0.05) is 0 Å². The van der Waals surface area contributed by atoms with Crippen LogP contribution in [-0.4, -0.2) is 55.8 Å². The van der Waals surface area contributed by atoms with Gasteiger partial charge in [-0.05, 0) is 56.8 Å². The molecule has 0 aromatic rings. The molecule has 8 heteroatoms. The second-order valence-corrected chi connectivity index (χ2v) is 8.73. The van der Waals surface area contributed by atoms with Crippen LogP contribution in [-0.2, 0) is 19.0 Å². The van der Waals surface area contributed by atoms with Gasteiger partial charge in [0.15, 0.2) is 5.67 Å². The molecule has 27 heavy (non-hydrogen) atoms. The highest BCUT2D eigenvalue weighted by molar-refractivity contribution is 5.76. The van der Waals surface area contributed by atoms with Gasteiger partial charge >= 0.3 is 11.9 Å². The summed E-state index contributed by atoms with van der Waals surface area (Å²) in [5.41, 5.74) is -3.75. The minimum absolute atomic E-state index is 0.00393. The summed E-state index contributed by atoms with van der Waals surface area (Å²) in [4.78, 5) is 11.1. The van der Waals surface area contributed by atoms with Gasteiger partial charge in [0.1, 0.15) is 18.9 Å². The Hall–Kier alpha value is -0.890. The molecule has 0 amide bonds. The highest BCUT2D eigenvalue weighted by Gasteiger charge is 2.69. The summed E-state index contributed by atoms with van der Waals surface area (Å²) >= 11 is 0. The summed E-state index contributed by atoms with van der Waals surface area (Å²) in [6, 6.07) is 0. The predicted octanol–water partition coefficient (Wildman–Crippen LogP) is 3.86. The normalized spacial score (nSPS) is 40.0. The van der Waals surface area contributed by atoms with Gasteiger partial charge in [0.05, 0.1) is 12.2 Å². The van der Waals surface area contributed by atoms with Gasteiger partial charge in [-0.25, -0.2) is 13.6 Å². The molecule has 0 radical (unpaired) electrons. The largest absolute Gasteiger partial charge is 0.459 e. The zero-order chi connectivity index (χ0) is 20.1. The zero-order valence-electron chi connectivity index (χ0n) is 16.0. The lowest BCUT2D eigenvalue weighted by molar-refractivity contribution is -0.291. The van der Waals surface area contributed by atoms with Crippen LogP contribution in [0.2, 0.25) is 0 Å². The van der Waals surface area contributed by atoms with Gasteiger partial charge in [-0.15, -0.1) is 0 Å². The van der Waals surface area contributed by atoms with Crippen molar-refractivity contribution in [1.82, 2.24) is 0 Å². The Morgan fingerprint density at radius 1 is 1.07 bits per heavy atom. The number of esters is 1. The number of methoxy groups -OCH3 is 1. The van der Waals surface area contributed by atoms with E-state index in [2.05, 4.69) is 4.74 Å². The first kappa shape index (κ1) is 20.8. The molecule has 4 saturated carbocycles. The topological polar surface area (TPSA) is 44.8 Å². The number of halogens is 4. The minimum atomic E-state index is -3.53. The van der Waals surface area contributed by atoms with Crippen LogP contribution in [0, 0.1) is 17.8 Å². The molecule has 4 rings (SSSR count). The van der Waals surface area contributed by atoms with Crippen LogP contribution in [0.5, 0.6) is 0 Å². The molecule has 4 bridgehead atoms. The van der Waals surface area contributed by atoms with Crippen LogP contribution in [0.1, 0.15) is 46.0 Å². The number of carbonyl (C=O) groups excluding carboxylic acids is 1. The van der Waals surface area contributed by atoms with Crippen molar-refractivity contribution in [2.45, 2.75) is 68.7 Å². The Morgan fingerprint density at radius 2 is 1.67 bits per heavy atom. The molecule has 3 atom stereocenters. The van der Waals surface area contributed by atoms with E-state index in [1.807, 2.05) is 0 Å². The lowest BCUT2D eigenvalue weighted by Gasteiger charge is -2.66. The third-order valence-corrected chi connectivity index (χ3v) is 6.83. The van der Waals surface area contributed by atoms with E-state index in [9.17, 15) is 18.0 Å². The number of hydrogen-bond donors (Lipinski definition) is 0. The van der Waals surface area contributed by atoms with Crippen molar-refractivity contribution >= 4 is 5.97 Å². The first-order valence-electron chi connectivity index (χ1n) is 9.49. The molecular formula is C19H28F4O4. The second kappa shape index (κ2) is 6.87. The molecule has 156 valence electrons. The summed E-state index contributed by atoms with van der Waals surface area (Å²) in [5, 5.41) is 0. The van der Waals surface area contributed by atoms with E-state index in [0.717, 1.165) is 19.3 Å². The smallest absolute Gasteiger partial charge is 0.376 e. The Balaban J connectivity index is 1.67. The lowest BCUT2D eigenvalue weighted by Crippen LogP contribution is -2.72. The average Bonchev–Trinajstić information content (AvgIpc) is 2.57. The Morgan fingerprint density at radius 3 is 2.15 bits per heavy atom. The number of alkyl halides is 4. The standard InChI is InChI=1S/C19H28F4O4/c1-16(21,11-20)19(25-3)13-6-12-7-14(19)10-18(8-12,9-13)27-5-4-26-15(24)17(2,22)23/h12-14H,4-11H2,1-3H3. The maximum absolute atomic E-state index is 15.2. The van der Waals surface area contributed by atoms with Crippen LogP contribution in [0.4, 0.5) is 17.6 Å². The van der Waals surface area contributed by atoms with Crippen LogP contribution >= 0.6 is 0 Å². The molecule has 3 unspecified atom stereocenters. The molecular weight excluding hydrogens is 368 g/mol. The number of rotatable bonds is 8. The van der Waals surface area contributed by atoms with Crippen molar-refractivity contribution in [3.63, 3.8) is 0 Å². The van der Waals surface area contributed by atoms with E-state index in [1.54, 1.807) is 0 Å². The molecule has 0 aliphatic heterocycles. The van der Waals surface area contributed by atoms with Gasteiger partial charge < -0.3 is 14.2 Å². The van der Waals surface area contributed by atoms with Gasteiger partial charge in [0, 0.05) is 14.0 Å². The fourth-order valence-corrected chi connectivity index (χ4v) is 6.09. The van der Waals surface area contributed by atoms with Crippen molar-refractivity contribution < 1.29 is 36.6 Å². The van der Waals surface area contributed by atoms with E-state index >= 15 is 4.39 Å². The maximum atomic E-state index is 15.2. The fourth-order valence-electron chi connectivity index (χ4n) is 6.09. The quantitative estimate of drug-likeness (QED) is 0.355. The molecule has 0 aromatic heterocycles. The molecule has 0 spiro atoms. The van der Waals surface area contributed by atoms with Crippen LogP contribution < -0.4 is 0 Å². The maximum Gasteiger partial charge on any atom is 0.376 e. The third-order valence-electron chi connectivity index (χ3n) is 6.83. The lowest BCUT2D eigenvalue weighted by atomic mass is 9.45. The van der Waals surface area contributed by atoms with Crippen LogP contribution in [0.25, 0.3) is 0 Å². The number of ether oxygens (including phenoxy) is 3. The summed E-state index contributed by atoms with van der Waals surface area (Å²) in [5.74, 6) is -5.09. The van der Waals surface area contributed by atoms with Gasteiger partial charge in [0.2, 0.25) is 0 Å². The predicted molar refractivity (Wildman–Crippen MR) is 89.0 cm³/mol. The highest BCUT2D eigenvalue weighted by atomic mass is 19.3. The van der Waals surface area contributed by atoms with Crippen molar-refractivity contribution in [3.8, 4) is 0 Å². The Kier molecular flexibility index (Phi) is 5.30. The van der Waals surface area contributed by atoms with Crippen LogP contribution in [0.15, 0.2) is 0 Å². The fraction of sp³-hybridized carbons (Fsp3) is 0.947. The van der Waals surface area contributed by atoms with E-state index < -0.39 is 35.4 Å². The number of hydrogen-bond acceptors (Lipinski definition) is 4. The van der Waals surface area contributed by atoms with Crippen molar-refractivity contribution in [2.75, 3.05) is 27.0 Å². The molecule has 0 N–H and O–H groups in total. The summed E-state index contributed by atoms with van der Waals surface area (Å²) in [7, 11) is 1.45. The van der Waals surface area contributed by atoms with E-state index in [4.69, 9.17) is 9.47 Å². The van der Waals surface area contributed by atoms with Crippen LogP contribution in [0.3, 0.4) is 0 Å². The van der Waals surface area contributed by atoms with Crippen molar-refractivity contribution in [3.05, 3.63) is 0 Å².